The van der Waals surface area contributed by atoms with Crippen LogP contribution in [0.5, 0.6) is 0 Å². The van der Waals surface area contributed by atoms with Crippen molar-refractivity contribution in [1.82, 2.24) is 15.5 Å². The molecule has 13 heteroatoms. The lowest BCUT2D eigenvalue weighted by atomic mass is 10.1. The highest BCUT2D eigenvalue weighted by molar-refractivity contribution is 5.95. The lowest BCUT2D eigenvalue weighted by molar-refractivity contribution is -0.140. The maximum absolute atomic E-state index is 13.2. The minimum Gasteiger partial charge on any atom is -0.444 e. The molecule has 0 saturated carbocycles. The Morgan fingerprint density at radius 3 is 2.56 bits per heavy atom. The number of nitrogens with zero attached hydrogens (tertiary/aromatic N) is 3. The van der Waals surface area contributed by atoms with Crippen molar-refractivity contribution in [3.05, 3.63) is 0 Å². The highest BCUT2D eigenvalue weighted by Gasteiger charge is 2.39. The second kappa shape index (κ2) is 12.7. The Bertz CT molecular complexity index is 721. The average Bonchev–Trinajstić information content (AvgIpc) is 3.18. The van der Waals surface area contributed by atoms with E-state index in [0.29, 0.717) is 38.5 Å². The van der Waals surface area contributed by atoms with Crippen molar-refractivity contribution in [3.63, 3.8) is 0 Å². The number of alkyl carbamates (subject to hydrolysis) is 1. The number of hydrogen-bond donors (Lipinski definition) is 5. The predicted molar refractivity (Wildman–Crippen MR) is 116 cm³/mol. The highest BCUT2D eigenvalue weighted by atomic mass is 16.6. The van der Waals surface area contributed by atoms with Gasteiger partial charge in [0.05, 0.1) is 6.04 Å². The number of aldehydes is 1. The molecule has 3 atom stereocenters. The van der Waals surface area contributed by atoms with E-state index >= 15 is 0 Å². The molecule has 1 fully saturated rings. The fraction of sp³-hybridized carbons (Fsp3) is 0.737. The second-order valence-electron chi connectivity index (χ2n) is 8.44. The Hall–Kier alpha value is -3.09. The van der Waals surface area contributed by atoms with Crippen molar-refractivity contribution in [2.45, 2.75) is 76.6 Å². The van der Waals surface area contributed by atoms with Gasteiger partial charge in [-0.15, -0.1) is 5.11 Å². The fourth-order valence-corrected chi connectivity index (χ4v) is 3.25. The van der Waals surface area contributed by atoms with E-state index in [1.807, 2.05) is 0 Å². The summed E-state index contributed by atoms with van der Waals surface area (Å²) in [5.41, 5.74) is 4.65. The Labute approximate surface area is 187 Å². The Kier molecular flexibility index (Phi) is 10.7. The van der Waals surface area contributed by atoms with Gasteiger partial charge in [-0.05, 0) is 53.0 Å². The molecule has 3 unspecified atom stereocenters. The first-order chi connectivity index (χ1) is 15.0. The van der Waals surface area contributed by atoms with Gasteiger partial charge in [-0.25, -0.2) is 4.79 Å². The van der Waals surface area contributed by atoms with E-state index in [9.17, 15) is 19.2 Å². The number of rotatable bonds is 10. The normalized spacial score (nSPS) is 18.1. The van der Waals surface area contributed by atoms with Crippen molar-refractivity contribution in [2.75, 3.05) is 13.1 Å². The molecular formula is C19H34N8O5. The van der Waals surface area contributed by atoms with Gasteiger partial charge in [-0.1, -0.05) is 5.22 Å². The summed E-state index contributed by atoms with van der Waals surface area (Å²) in [4.78, 5) is 50.8. The molecule has 7 N–H and O–H groups in total. The van der Waals surface area contributed by atoms with Crippen LogP contribution in [0.1, 0.15) is 52.9 Å². The first kappa shape index (κ1) is 26.9. The molecule has 0 aromatic rings. The molecule has 1 aliphatic rings. The van der Waals surface area contributed by atoms with Crippen LogP contribution in [0, 0.1) is 5.41 Å². The molecule has 1 saturated heterocycles. The monoisotopic (exact) mass is 454 g/mol. The van der Waals surface area contributed by atoms with Crippen molar-refractivity contribution in [2.24, 2.45) is 21.9 Å². The van der Waals surface area contributed by atoms with Crippen LogP contribution in [0.4, 0.5) is 4.79 Å². The molecule has 0 aromatic heterocycles. The zero-order valence-electron chi connectivity index (χ0n) is 18.8. The number of ether oxygens (including phenoxy) is 1. The first-order valence-corrected chi connectivity index (χ1v) is 10.5. The zero-order chi connectivity index (χ0) is 24.3. The number of carbonyl (C=O) groups excluding carboxylic acids is 4. The molecular weight excluding hydrogens is 420 g/mol. The molecule has 0 spiro atoms. The summed E-state index contributed by atoms with van der Waals surface area (Å²) in [7, 11) is 0. The number of nitrogens with two attached hydrogens (primary N) is 2. The highest BCUT2D eigenvalue weighted by Crippen LogP contribution is 2.20. The Morgan fingerprint density at radius 2 is 2.00 bits per heavy atom. The topological polar surface area (TPSA) is 205 Å². The van der Waals surface area contributed by atoms with Gasteiger partial charge in [0, 0.05) is 13.0 Å². The Morgan fingerprint density at radius 1 is 1.31 bits per heavy atom. The second-order valence-corrected chi connectivity index (χ2v) is 8.44. The van der Waals surface area contributed by atoms with Crippen LogP contribution in [0.15, 0.2) is 10.3 Å². The van der Waals surface area contributed by atoms with Crippen molar-refractivity contribution in [1.29, 1.82) is 5.41 Å². The number of nitrogens with one attached hydrogen (secondary N) is 3. The van der Waals surface area contributed by atoms with Gasteiger partial charge in [-0.3, -0.25) is 15.0 Å². The lowest BCUT2D eigenvalue weighted by Gasteiger charge is -2.29. The number of carbonyl (C=O) groups is 4. The van der Waals surface area contributed by atoms with Gasteiger partial charge in [0.1, 0.15) is 29.8 Å². The van der Waals surface area contributed by atoms with E-state index in [2.05, 4.69) is 21.0 Å². The van der Waals surface area contributed by atoms with Gasteiger partial charge >= 0.3 is 6.09 Å². The number of amidine groups is 1. The molecule has 0 aromatic carbocycles. The van der Waals surface area contributed by atoms with Crippen LogP contribution in [-0.4, -0.2) is 71.7 Å². The molecule has 0 bridgehead atoms. The summed E-state index contributed by atoms with van der Waals surface area (Å²) in [5, 5.41) is 19.3. The third-order valence-electron chi connectivity index (χ3n) is 4.61. The summed E-state index contributed by atoms with van der Waals surface area (Å²) >= 11 is 0. The molecule has 180 valence electrons. The first-order valence-electron chi connectivity index (χ1n) is 10.5. The third kappa shape index (κ3) is 8.96. The van der Waals surface area contributed by atoms with Crippen LogP contribution >= 0.6 is 0 Å². The predicted octanol–water partition coefficient (Wildman–Crippen LogP) is -0.0134. The van der Waals surface area contributed by atoms with E-state index in [4.69, 9.17) is 21.7 Å². The van der Waals surface area contributed by atoms with E-state index in [1.165, 1.54) is 4.90 Å². The number of hydrogen-bond acceptors (Lipinski definition) is 8. The van der Waals surface area contributed by atoms with Gasteiger partial charge in [0.15, 0.2) is 0 Å². The minimum absolute atomic E-state index is 0.281. The van der Waals surface area contributed by atoms with Crippen LogP contribution in [-0.2, 0) is 19.1 Å². The smallest absolute Gasteiger partial charge is 0.408 e. The summed E-state index contributed by atoms with van der Waals surface area (Å²) in [6.45, 7) is 5.68. The summed E-state index contributed by atoms with van der Waals surface area (Å²) < 4.78 is 5.20. The summed E-state index contributed by atoms with van der Waals surface area (Å²) in [6, 6.07) is -2.72. The molecule has 3 amide bonds. The van der Waals surface area contributed by atoms with Gasteiger partial charge < -0.3 is 36.6 Å². The maximum atomic E-state index is 13.2. The molecule has 32 heavy (non-hydrogen) atoms. The van der Waals surface area contributed by atoms with E-state index in [1.54, 1.807) is 20.8 Å². The van der Waals surface area contributed by atoms with Crippen LogP contribution < -0.4 is 22.2 Å². The van der Waals surface area contributed by atoms with Crippen LogP contribution in [0.2, 0.25) is 0 Å². The van der Waals surface area contributed by atoms with Crippen LogP contribution in [0.25, 0.3) is 0 Å². The molecule has 1 rings (SSSR count). The van der Waals surface area contributed by atoms with E-state index in [-0.39, 0.29) is 18.8 Å². The van der Waals surface area contributed by atoms with Gasteiger partial charge in [-0.2, -0.15) is 0 Å². The Balaban J connectivity index is 2.97. The standard InChI is InChI=1S/C19H34N8O5/c1-19(2,3)32-18(31)24-13(10-15(21)25-26-22)17(30)27-9-5-7-14(27)16(29)23-12(11-28)6-4-8-20/h11-14H,4-10,20H2,1-3H3,(H,23,29)(H,24,31)(H3,21,22,25). The van der Waals surface area contributed by atoms with Gasteiger partial charge in [0.2, 0.25) is 11.8 Å². The van der Waals surface area contributed by atoms with Crippen LogP contribution in [0.3, 0.4) is 0 Å². The molecule has 13 nitrogen and oxygen atoms in total. The van der Waals surface area contributed by atoms with E-state index < -0.39 is 41.6 Å². The maximum Gasteiger partial charge on any atom is 0.408 e. The minimum atomic E-state index is -1.21. The average molecular weight is 455 g/mol. The van der Waals surface area contributed by atoms with Crippen molar-refractivity contribution in [3.8, 4) is 0 Å². The SMILES string of the molecule is CC(C)(C)OC(=O)NC(CC(=N)N=NN)C(=O)N1CCCC1C(=O)NC(C=O)CCCN. The quantitative estimate of drug-likeness (QED) is 0.0761. The van der Waals surface area contributed by atoms with Crippen molar-refractivity contribution >= 4 is 30.0 Å². The molecule has 1 heterocycles. The summed E-state index contributed by atoms with van der Waals surface area (Å²) in [5.74, 6) is 3.60. The molecule has 0 radical (unpaired) electrons. The lowest BCUT2D eigenvalue weighted by Crippen LogP contribution is -2.55. The van der Waals surface area contributed by atoms with Gasteiger partial charge in [0.25, 0.3) is 0 Å². The zero-order valence-corrected chi connectivity index (χ0v) is 18.8. The molecule has 1 aliphatic heterocycles. The van der Waals surface area contributed by atoms with Crippen molar-refractivity contribution < 1.29 is 23.9 Å². The fourth-order valence-electron chi connectivity index (χ4n) is 3.25. The largest absolute Gasteiger partial charge is 0.444 e. The summed E-state index contributed by atoms with van der Waals surface area (Å²) in [6.07, 6.45) is 1.43. The number of likely N-dealkylation sites (tertiary alicyclic amines) is 1. The van der Waals surface area contributed by atoms with E-state index in [0.717, 1.165) is 0 Å². The third-order valence-corrected chi connectivity index (χ3v) is 4.61. The molecule has 0 aliphatic carbocycles. The number of amides is 3.